The Hall–Kier alpha value is -3.12. The molecule has 0 atom stereocenters. The average Bonchev–Trinajstić information content (AvgIpc) is 2.63. The summed E-state index contributed by atoms with van der Waals surface area (Å²) in [5.41, 5.74) is 5.29. The van der Waals surface area contributed by atoms with Crippen LogP contribution in [0.2, 0.25) is 0 Å². The van der Waals surface area contributed by atoms with Crippen molar-refractivity contribution in [3.63, 3.8) is 0 Å². The lowest BCUT2D eigenvalue weighted by Gasteiger charge is -2.12. The van der Waals surface area contributed by atoms with Crippen LogP contribution in [0.3, 0.4) is 0 Å². The number of aromatic nitrogens is 1. The summed E-state index contributed by atoms with van der Waals surface area (Å²) in [6.07, 6.45) is 0. The van der Waals surface area contributed by atoms with Crippen molar-refractivity contribution >= 4 is 0 Å². The van der Waals surface area contributed by atoms with E-state index in [0.717, 1.165) is 22.4 Å². The number of hydrogen-bond acceptors (Lipinski definition) is 3. The first-order chi connectivity index (χ1) is 11.7. The van der Waals surface area contributed by atoms with Gasteiger partial charge in [0.05, 0.1) is 12.3 Å². The normalized spacial score (nSPS) is 10.2. The van der Waals surface area contributed by atoms with E-state index in [4.69, 9.17) is 4.74 Å². The fourth-order valence-corrected chi connectivity index (χ4v) is 2.59. The minimum absolute atomic E-state index is 0.386. The maximum Gasteiger partial charge on any atom is 0.232 e. The molecule has 0 aliphatic rings. The third kappa shape index (κ3) is 3.13. The first-order valence-corrected chi connectivity index (χ1v) is 7.93. The van der Waals surface area contributed by atoms with Crippen LogP contribution in [0.1, 0.15) is 18.1 Å². The second-order valence-corrected chi connectivity index (χ2v) is 5.51. The van der Waals surface area contributed by atoms with E-state index in [0.29, 0.717) is 18.1 Å². The minimum Gasteiger partial charge on any atom is -0.477 e. The summed E-state index contributed by atoms with van der Waals surface area (Å²) in [7, 11) is 0. The highest BCUT2D eigenvalue weighted by atomic mass is 16.5. The molecule has 24 heavy (non-hydrogen) atoms. The Bertz CT molecular complexity index is 878. The van der Waals surface area contributed by atoms with E-state index in [1.807, 2.05) is 55.5 Å². The fourth-order valence-electron chi connectivity index (χ4n) is 2.59. The smallest absolute Gasteiger partial charge is 0.232 e. The monoisotopic (exact) mass is 314 g/mol. The van der Waals surface area contributed by atoms with Gasteiger partial charge >= 0.3 is 0 Å². The van der Waals surface area contributed by atoms with E-state index in [-0.39, 0.29) is 0 Å². The van der Waals surface area contributed by atoms with Crippen molar-refractivity contribution in [1.29, 1.82) is 5.26 Å². The second kappa shape index (κ2) is 6.97. The second-order valence-electron chi connectivity index (χ2n) is 5.51. The molecular formula is C21H18N2O. The van der Waals surface area contributed by atoms with Crippen LogP contribution in [0.15, 0.2) is 60.7 Å². The van der Waals surface area contributed by atoms with Gasteiger partial charge in [-0.05, 0) is 25.5 Å². The number of rotatable bonds is 4. The highest BCUT2D eigenvalue weighted by Gasteiger charge is 2.16. The Kier molecular flexibility index (Phi) is 4.58. The molecule has 0 spiro atoms. The van der Waals surface area contributed by atoms with E-state index in [1.54, 1.807) is 0 Å². The van der Waals surface area contributed by atoms with Crippen LogP contribution < -0.4 is 4.74 Å². The van der Waals surface area contributed by atoms with E-state index in [2.05, 4.69) is 30.1 Å². The molecule has 0 aliphatic heterocycles. The van der Waals surface area contributed by atoms with Crippen molar-refractivity contribution in [2.75, 3.05) is 6.61 Å². The Morgan fingerprint density at radius 3 is 2.33 bits per heavy atom. The molecule has 3 heteroatoms. The quantitative estimate of drug-likeness (QED) is 0.681. The SMILES string of the molecule is CCOc1nc(-c2ccc(C)cc2)cc(-c2ccccc2)c1C#N. The lowest BCUT2D eigenvalue weighted by atomic mass is 9.98. The summed E-state index contributed by atoms with van der Waals surface area (Å²) in [5, 5.41) is 9.62. The van der Waals surface area contributed by atoms with Crippen LogP contribution in [0.4, 0.5) is 0 Å². The van der Waals surface area contributed by atoms with Crippen molar-refractivity contribution in [1.82, 2.24) is 4.98 Å². The molecule has 0 saturated carbocycles. The van der Waals surface area contributed by atoms with E-state index in [1.165, 1.54) is 5.56 Å². The Labute approximate surface area is 142 Å². The third-order valence-electron chi connectivity index (χ3n) is 3.81. The summed E-state index contributed by atoms with van der Waals surface area (Å²) in [5.74, 6) is 0.386. The van der Waals surface area contributed by atoms with Gasteiger partial charge in [0.15, 0.2) is 0 Å². The van der Waals surface area contributed by atoms with Gasteiger partial charge in [0.1, 0.15) is 11.6 Å². The van der Waals surface area contributed by atoms with Gasteiger partial charge in [0, 0.05) is 11.1 Å². The van der Waals surface area contributed by atoms with Gasteiger partial charge in [0.25, 0.3) is 0 Å². The number of nitrogens with zero attached hydrogens (tertiary/aromatic N) is 2. The summed E-state index contributed by atoms with van der Waals surface area (Å²) < 4.78 is 5.64. The summed E-state index contributed by atoms with van der Waals surface area (Å²) in [6.45, 7) is 4.41. The molecule has 118 valence electrons. The maximum absolute atomic E-state index is 9.62. The Morgan fingerprint density at radius 1 is 1.00 bits per heavy atom. The Morgan fingerprint density at radius 2 is 1.71 bits per heavy atom. The molecule has 0 unspecified atom stereocenters. The maximum atomic E-state index is 9.62. The molecule has 0 N–H and O–H groups in total. The predicted octanol–water partition coefficient (Wildman–Crippen LogP) is 4.99. The first-order valence-electron chi connectivity index (χ1n) is 7.93. The molecule has 3 nitrogen and oxygen atoms in total. The van der Waals surface area contributed by atoms with Gasteiger partial charge in [-0.3, -0.25) is 0 Å². The third-order valence-corrected chi connectivity index (χ3v) is 3.81. The molecule has 0 fully saturated rings. The number of hydrogen-bond donors (Lipinski definition) is 0. The topological polar surface area (TPSA) is 45.9 Å². The molecule has 0 amide bonds. The van der Waals surface area contributed by atoms with E-state index >= 15 is 0 Å². The Balaban J connectivity index is 2.23. The minimum atomic E-state index is 0.386. The zero-order valence-electron chi connectivity index (χ0n) is 13.8. The molecule has 1 heterocycles. The van der Waals surface area contributed by atoms with Crippen molar-refractivity contribution in [2.24, 2.45) is 0 Å². The van der Waals surface area contributed by atoms with Crippen LogP contribution in [0.25, 0.3) is 22.4 Å². The van der Waals surface area contributed by atoms with Gasteiger partial charge in [-0.1, -0.05) is 60.2 Å². The first kappa shape index (κ1) is 15.8. The van der Waals surface area contributed by atoms with Crippen molar-refractivity contribution < 1.29 is 4.74 Å². The van der Waals surface area contributed by atoms with Gasteiger partial charge < -0.3 is 4.74 Å². The zero-order valence-corrected chi connectivity index (χ0v) is 13.8. The van der Waals surface area contributed by atoms with Crippen LogP contribution in [-0.2, 0) is 0 Å². The van der Waals surface area contributed by atoms with Crippen molar-refractivity contribution in [2.45, 2.75) is 13.8 Å². The van der Waals surface area contributed by atoms with Gasteiger partial charge in [-0.25, -0.2) is 4.98 Å². The van der Waals surface area contributed by atoms with Gasteiger partial charge in [-0.15, -0.1) is 0 Å². The predicted molar refractivity (Wildman–Crippen MR) is 95.7 cm³/mol. The van der Waals surface area contributed by atoms with Crippen LogP contribution in [-0.4, -0.2) is 11.6 Å². The summed E-state index contributed by atoms with van der Waals surface area (Å²) >= 11 is 0. The highest BCUT2D eigenvalue weighted by Crippen LogP contribution is 2.33. The number of benzene rings is 2. The molecule has 3 aromatic rings. The van der Waals surface area contributed by atoms with E-state index < -0.39 is 0 Å². The molecule has 0 bridgehead atoms. The lowest BCUT2D eigenvalue weighted by Crippen LogP contribution is -2.01. The van der Waals surface area contributed by atoms with Crippen LogP contribution >= 0.6 is 0 Å². The molecule has 1 aromatic heterocycles. The van der Waals surface area contributed by atoms with E-state index in [9.17, 15) is 5.26 Å². The molecule has 3 rings (SSSR count). The standard InChI is InChI=1S/C21H18N2O/c1-3-24-21-19(14-22)18(16-7-5-4-6-8-16)13-20(23-21)17-11-9-15(2)10-12-17/h4-13H,3H2,1-2H3. The zero-order chi connectivity index (χ0) is 16.9. The average molecular weight is 314 g/mol. The number of aryl methyl sites for hydroxylation is 1. The molecule has 0 radical (unpaired) electrons. The van der Waals surface area contributed by atoms with Crippen LogP contribution in [0.5, 0.6) is 5.88 Å². The molecule has 0 aliphatic carbocycles. The fraction of sp³-hybridized carbons (Fsp3) is 0.143. The lowest BCUT2D eigenvalue weighted by molar-refractivity contribution is 0.326. The number of ether oxygens (including phenoxy) is 1. The van der Waals surface area contributed by atoms with Gasteiger partial charge in [0.2, 0.25) is 5.88 Å². The molecule has 2 aromatic carbocycles. The number of pyridine rings is 1. The summed E-state index contributed by atoms with van der Waals surface area (Å²) in [6, 6.07) is 22.2. The van der Waals surface area contributed by atoms with Crippen molar-refractivity contribution in [3.05, 3.63) is 71.8 Å². The summed E-state index contributed by atoms with van der Waals surface area (Å²) in [4.78, 5) is 4.57. The van der Waals surface area contributed by atoms with Crippen LogP contribution in [0, 0.1) is 18.3 Å². The number of nitriles is 1. The van der Waals surface area contributed by atoms with Crippen molar-refractivity contribution in [3.8, 4) is 34.3 Å². The molecule has 0 saturated heterocycles. The largest absolute Gasteiger partial charge is 0.477 e. The van der Waals surface area contributed by atoms with Gasteiger partial charge in [-0.2, -0.15) is 5.26 Å². The molecular weight excluding hydrogens is 296 g/mol. The highest BCUT2D eigenvalue weighted by molar-refractivity contribution is 5.77.